The van der Waals surface area contributed by atoms with Crippen molar-refractivity contribution in [1.82, 2.24) is 4.90 Å². The molecule has 1 aromatic heterocycles. The summed E-state index contributed by atoms with van der Waals surface area (Å²) in [5.41, 5.74) is 1.07. The number of nitrogens with one attached hydrogen (secondary N) is 2. The zero-order valence-corrected chi connectivity index (χ0v) is 21.8. The van der Waals surface area contributed by atoms with Crippen LogP contribution in [0.1, 0.15) is 38.1 Å². The van der Waals surface area contributed by atoms with Gasteiger partial charge in [0, 0.05) is 11.4 Å². The average Bonchev–Trinajstić information content (AvgIpc) is 3.25. The van der Waals surface area contributed by atoms with Crippen LogP contribution >= 0.6 is 11.3 Å². The number of nitrogens with zero attached hydrogens (tertiary/aromatic N) is 1. The van der Waals surface area contributed by atoms with E-state index in [1.165, 1.54) is 36.3 Å². The normalized spacial score (nSPS) is 12.9. The highest BCUT2D eigenvalue weighted by Gasteiger charge is 2.31. The Morgan fingerprint density at radius 3 is 2.46 bits per heavy atom. The Morgan fingerprint density at radius 1 is 1.05 bits per heavy atom. The first kappa shape index (κ1) is 26.2. The van der Waals surface area contributed by atoms with E-state index in [4.69, 9.17) is 9.47 Å². The van der Waals surface area contributed by atoms with Crippen LogP contribution < -0.4 is 10.0 Å². The number of anilines is 2. The number of fused-ring (bicyclic) bond motifs is 1. The predicted molar refractivity (Wildman–Crippen MR) is 138 cm³/mol. The van der Waals surface area contributed by atoms with E-state index in [-0.39, 0.29) is 39.9 Å². The molecular formula is C25H25N3O7S2. The van der Waals surface area contributed by atoms with Crippen molar-refractivity contribution in [3.05, 3.63) is 76.2 Å². The number of sulfonamides is 1. The van der Waals surface area contributed by atoms with E-state index in [0.717, 1.165) is 16.2 Å². The monoisotopic (exact) mass is 543 g/mol. The van der Waals surface area contributed by atoms with Crippen LogP contribution in [0.2, 0.25) is 0 Å². The molecule has 2 amide bonds. The molecule has 2 N–H and O–H groups in total. The minimum Gasteiger partial charge on any atom is -0.465 e. The van der Waals surface area contributed by atoms with E-state index in [9.17, 15) is 22.8 Å². The lowest BCUT2D eigenvalue weighted by Crippen LogP contribution is -2.36. The number of ether oxygens (including phenoxy) is 2. The van der Waals surface area contributed by atoms with Gasteiger partial charge in [0.15, 0.2) is 0 Å². The van der Waals surface area contributed by atoms with E-state index >= 15 is 0 Å². The second-order valence-corrected chi connectivity index (χ2v) is 10.8. The van der Waals surface area contributed by atoms with Gasteiger partial charge in [-0.3, -0.25) is 9.52 Å². The summed E-state index contributed by atoms with van der Waals surface area (Å²) in [5.74, 6) is -1.23. The zero-order valence-electron chi connectivity index (χ0n) is 20.1. The molecule has 0 fully saturated rings. The topological polar surface area (TPSA) is 131 Å². The molecular weight excluding hydrogens is 518 g/mol. The van der Waals surface area contributed by atoms with Crippen LogP contribution in [0.3, 0.4) is 0 Å². The van der Waals surface area contributed by atoms with Gasteiger partial charge in [-0.25, -0.2) is 18.0 Å². The molecule has 2 aromatic carbocycles. The summed E-state index contributed by atoms with van der Waals surface area (Å²) in [6, 6.07) is 14.0. The second-order valence-electron chi connectivity index (χ2n) is 7.99. The van der Waals surface area contributed by atoms with Gasteiger partial charge in [0.05, 0.1) is 42.0 Å². The van der Waals surface area contributed by atoms with Gasteiger partial charge in [-0.1, -0.05) is 30.3 Å². The second kappa shape index (κ2) is 11.0. The minimum absolute atomic E-state index is 0.0512. The van der Waals surface area contributed by atoms with Gasteiger partial charge < -0.3 is 19.7 Å². The number of rotatable bonds is 7. The van der Waals surface area contributed by atoms with Gasteiger partial charge in [0.2, 0.25) is 0 Å². The molecule has 0 unspecified atom stereocenters. The van der Waals surface area contributed by atoms with Crippen LogP contribution in [0.5, 0.6) is 0 Å². The van der Waals surface area contributed by atoms with E-state index in [0.29, 0.717) is 18.5 Å². The quantitative estimate of drug-likeness (QED) is 0.429. The smallest absolute Gasteiger partial charge is 0.410 e. The molecule has 37 heavy (non-hydrogen) atoms. The maximum atomic E-state index is 13.3. The van der Waals surface area contributed by atoms with E-state index < -0.39 is 28.0 Å². The fourth-order valence-corrected chi connectivity index (χ4v) is 6.27. The molecule has 0 atom stereocenters. The van der Waals surface area contributed by atoms with Crippen molar-refractivity contribution in [2.45, 2.75) is 24.8 Å². The van der Waals surface area contributed by atoms with Crippen LogP contribution in [0.4, 0.5) is 15.5 Å². The third-order valence-corrected chi connectivity index (χ3v) is 8.18. The summed E-state index contributed by atoms with van der Waals surface area (Å²) in [4.78, 5) is 40.5. The Balaban J connectivity index is 1.63. The molecule has 12 heteroatoms. The molecule has 0 bridgehead atoms. The van der Waals surface area contributed by atoms with Crippen molar-refractivity contribution in [3.8, 4) is 0 Å². The number of thiophene rings is 1. The van der Waals surface area contributed by atoms with Crippen LogP contribution in [-0.4, -0.2) is 51.5 Å². The number of esters is 1. The highest BCUT2D eigenvalue weighted by atomic mass is 32.2. The standard InChI is InChI=1S/C25H25N3O7S2/c1-3-35-25(31)28-14-13-18-20(15-28)36-23(21(18)24(30)34-2)26-22(29)17-11-7-8-12-19(17)27-37(32,33)16-9-5-4-6-10-16/h4-12,27H,3,13-15H2,1-2H3,(H,26,29). The van der Waals surface area contributed by atoms with Gasteiger partial charge in [0.25, 0.3) is 15.9 Å². The maximum absolute atomic E-state index is 13.3. The van der Waals surface area contributed by atoms with Crippen molar-refractivity contribution in [1.29, 1.82) is 0 Å². The molecule has 0 saturated heterocycles. The molecule has 3 aromatic rings. The van der Waals surface area contributed by atoms with Crippen LogP contribution in [0, 0.1) is 0 Å². The largest absolute Gasteiger partial charge is 0.465 e. The first-order valence-electron chi connectivity index (χ1n) is 11.4. The SMILES string of the molecule is CCOC(=O)N1CCc2c(sc(NC(=O)c3ccccc3NS(=O)(=O)c3ccccc3)c2C(=O)OC)C1. The molecule has 1 aliphatic heterocycles. The molecule has 10 nitrogen and oxygen atoms in total. The van der Waals surface area contributed by atoms with Gasteiger partial charge >= 0.3 is 12.1 Å². The van der Waals surface area contributed by atoms with Crippen LogP contribution in [0.15, 0.2) is 59.5 Å². The lowest BCUT2D eigenvalue weighted by atomic mass is 10.0. The number of hydrogen-bond acceptors (Lipinski definition) is 8. The van der Waals surface area contributed by atoms with E-state index in [2.05, 4.69) is 10.0 Å². The zero-order chi connectivity index (χ0) is 26.6. The summed E-state index contributed by atoms with van der Waals surface area (Å²) >= 11 is 1.16. The van der Waals surface area contributed by atoms with Crippen molar-refractivity contribution in [3.63, 3.8) is 0 Å². The first-order valence-corrected chi connectivity index (χ1v) is 13.7. The highest BCUT2D eigenvalue weighted by Crippen LogP contribution is 2.38. The molecule has 0 radical (unpaired) electrons. The Kier molecular flexibility index (Phi) is 7.79. The fraction of sp³-hybridized carbons (Fsp3) is 0.240. The summed E-state index contributed by atoms with van der Waals surface area (Å²) < 4.78 is 38.2. The van der Waals surface area contributed by atoms with Crippen molar-refractivity contribution in [2.24, 2.45) is 0 Å². The number of amides is 2. The average molecular weight is 544 g/mol. The summed E-state index contributed by atoms with van der Waals surface area (Å²) in [7, 11) is -2.69. The number of carbonyl (C=O) groups is 3. The van der Waals surface area contributed by atoms with Crippen molar-refractivity contribution >= 4 is 50.0 Å². The Hall–Kier alpha value is -3.90. The summed E-state index contributed by atoms with van der Waals surface area (Å²) in [6.45, 7) is 2.55. The van der Waals surface area contributed by atoms with E-state index in [1.54, 1.807) is 37.3 Å². The van der Waals surface area contributed by atoms with Crippen LogP contribution in [0.25, 0.3) is 0 Å². The van der Waals surface area contributed by atoms with Gasteiger partial charge in [-0.2, -0.15) is 0 Å². The molecule has 2 heterocycles. The van der Waals surface area contributed by atoms with Crippen molar-refractivity contribution in [2.75, 3.05) is 30.3 Å². The lowest BCUT2D eigenvalue weighted by molar-refractivity contribution is 0.0600. The third-order valence-electron chi connectivity index (χ3n) is 5.67. The van der Waals surface area contributed by atoms with Crippen molar-refractivity contribution < 1.29 is 32.3 Å². The molecule has 0 saturated carbocycles. The number of para-hydroxylation sites is 1. The molecule has 0 spiro atoms. The Bertz CT molecular complexity index is 1440. The third kappa shape index (κ3) is 5.59. The van der Waals surface area contributed by atoms with E-state index in [1.807, 2.05) is 0 Å². The van der Waals surface area contributed by atoms with Gasteiger partial charge in [0.1, 0.15) is 5.00 Å². The van der Waals surface area contributed by atoms with Gasteiger partial charge in [-0.05, 0) is 43.2 Å². The first-order chi connectivity index (χ1) is 17.7. The maximum Gasteiger partial charge on any atom is 0.410 e. The molecule has 1 aliphatic rings. The van der Waals surface area contributed by atoms with Gasteiger partial charge in [-0.15, -0.1) is 11.3 Å². The molecule has 4 rings (SSSR count). The molecule has 194 valence electrons. The Morgan fingerprint density at radius 2 is 1.76 bits per heavy atom. The number of hydrogen-bond donors (Lipinski definition) is 2. The number of benzene rings is 2. The summed E-state index contributed by atoms with van der Waals surface area (Å²) in [6.07, 6.45) is -0.0651. The highest BCUT2D eigenvalue weighted by molar-refractivity contribution is 7.92. The lowest BCUT2D eigenvalue weighted by Gasteiger charge is -2.26. The Labute approximate surface area is 218 Å². The molecule has 0 aliphatic carbocycles. The summed E-state index contributed by atoms with van der Waals surface area (Å²) in [5, 5.41) is 3.00. The van der Waals surface area contributed by atoms with Crippen LogP contribution in [-0.2, 0) is 32.5 Å². The predicted octanol–water partition coefficient (Wildman–Crippen LogP) is 4.10. The number of methoxy groups -OCH3 is 1. The minimum atomic E-state index is -3.94. The fourth-order valence-electron chi connectivity index (χ4n) is 3.92. The number of carbonyl (C=O) groups excluding carboxylic acids is 3.